The van der Waals surface area contributed by atoms with Crippen molar-refractivity contribution in [1.82, 2.24) is 10.2 Å². The van der Waals surface area contributed by atoms with Crippen LogP contribution in [0.4, 0.5) is 0 Å². The first kappa shape index (κ1) is 13.2. The van der Waals surface area contributed by atoms with Crippen LogP contribution in [-0.4, -0.2) is 38.0 Å². The van der Waals surface area contributed by atoms with Crippen LogP contribution in [-0.2, 0) is 4.79 Å². The van der Waals surface area contributed by atoms with Crippen molar-refractivity contribution in [3.63, 3.8) is 0 Å². The summed E-state index contributed by atoms with van der Waals surface area (Å²) < 4.78 is 0. The molecule has 1 aliphatic rings. The number of carbonyl (C=O) groups is 1. The van der Waals surface area contributed by atoms with Crippen molar-refractivity contribution in [2.24, 2.45) is 5.92 Å². The predicted molar refractivity (Wildman–Crippen MR) is 60.2 cm³/mol. The number of amides is 1. The van der Waals surface area contributed by atoms with E-state index < -0.39 is 0 Å². The summed E-state index contributed by atoms with van der Waals surface area (Å²) in [5.41, 5.74) is 0. The van der Waals surface area contributed by atoms with Crippen molar-refractivity contribution in [2.75, 3.05) is 26.7 Å². The van der Waals surface area contributed by atoms with E-state index in [2.05, 4.69) is 11.9 Å². The molecule has 1 atom stereocenters. The molecule has 1 heterocycles. The lowest BCUT2D eigenvalue weighted by Gasteiger charge is -2.09. The van der Waals surface area contributed by atoms with Crippen LogP contribution in [0.3, 0.4) is 0 Å². The molecule has 1 aliphatic heterocycles. The lowest BCUT2D eigenvalue weighted by Crippen LogP contribution is -2.19. The largest absolute Gasteiger partial charge is 0.345 e. The molecule has 1 saturated heterocycles. The molecule has 0 aliphatic carbocycles. The first-order valence-electron chi connectivity index (χ1n) is 5.19. The molecule has 1 amide bonds. The van der Waals surface area contributed by atoms with Gasteiger partial charge in [0, 0.05) is 13.1 Å². The Labute approximate surface area is 87.2 Å². The van der Waals surface area contributed by atoms with E-state index in [0.717, 1.165) is 32.0 Å². The van der Waals surface area contributed by atoms with Crippen LogP contribution in [0.5, 0.6) is 0 Å². The van der Waals surface area contributed by atoms with Crippen molar-refractivity contribution < 1.29 is 4.79 Å². The average Bonchev–Trinajstić information content (AvgIpc) is 2.63. The highest BCUT2D eigenvalue weighted by Crippen LogP contribution is 2.16. The summed E-state index contributed by atoms with van der Waals surface area (Å²) in [6.45, 7) is 8.24. The number of nitrogens with zero attached hydrogens (tertiary/aromatic N) is 1. The molecule has 1 rings (SSSR count). The van der Waals surface area contributed by atoms with Gasteiger partial charge in [0.2, 0.25) is 6.41 Å². The van der Waals surface area contributed by atoms with Crippen molar-refractivity contribution in [1.29, 1.82) is 0 Å². The second-order valence-corrected chi connectivity index (χ2v) is 3.56. The zero-order chi connectivity index (χ0) is 10.8. The van der Waals surface area contributed by atoms with E-state index >= 15 is 0 Å². The minimum Gasteiger partial charge on any atom is -0.345 e. The molecule has 0 spiro atoms. The molecule has 1 fully saturated rings. The summed E-state index contributed by atoms with van der Waals surface area (Å²) >= 11 is 0. The number of likely N-dealkylation sites (tertiary alicyclic amines) is 1. The number of allylic oxidation sites excluding steroid dienone is 1. The zero-order valence-electron chi connectivity index (χ0n) is 9.33. The third-order valence-electron chi connectivity index (χ3n) is 2.27. The lowest BCUT2D eigenvalue weighted by atomic mass is 10.1. The molecule has 82 valence electrons. The van der Waals surface area contributed by atoms with Crippen molar-refractivity contribution in [3.05, 3.63) is 12.7 Å². The highest BCUT2D eigenvalue weighted by molar-refractivity contribution is 5.47. The van der Waals surface area contributed by atoms with Crippen LogP contribution in [0.2, 0.25) is 0 Å². The number of hydrogen-bond donors (Lipinski definition) is 1. The SMILES string of the molecule is C=CC.CNCCC1CCN(C=O)C1. The maximum Gasteiger partial charge on any atom is 0.209 e. The van der Waals surface area contributed by atoms with Gasteiger partial charge in [-0.05, 0) is 39.3 Å². The minimum absolute atomic E-state index is 0.729. The average molecular weight is 198 g/mol. The van der Waals surface area contributed by atoms with Crippen LogP contribution in [0.1, 0.15) is 19.8 Å². The molecular formula is C11H22N2O. The van der Waals surface area contributed by atoms with Gasteiger partial charge in [0.05, 0.1) is 0 Å². The van der Waals surface area contributed by atoms with Gasteiger partial charge in [-0.2, -0.15) is 0 Å². The van der Waals surface area contributed by atoms with Gasteiger partial charge in [-0.15, -0.1) is 6.58 Å². The Hall–Kier alpha value is -0.830. The van der Waals surface area contributed by atoms with Gasteiger partial charge in [0.1, 0.15) is 0 Å². The molecule has 3 nitrogen and oxygen atoms in total. The number of hydrogen-bond acceptors (Lipinski definition) is 2. The Morgan fingerprint density at radius 2 is 2.29 bits per heavy atom. The quantitative estimate of drug-likeness (QED) is 0.545. The summed E-state index contributed by atoms with van der Waals surface area (Å²) in [7, 11) is 1.96. The monoisotopic (exact) mass is 198 g/mol. The third kappa shape index (κ3) is 5.75. The Morgan fingerprint density at radius 3 is 2.71 bits per heavy atom. The van der Waals surface area contributed by atoms with E-state index in [0.29, 0.717) is 0 Å². The normalized spacial score (nSPS) is 19.9. The molecule has 1 unspecified atom stereocenters. The van der Waals surface area contributed by atoms with Crippen molar-refractivity contribution in [3.8, 4) is 0 Å². The molecule has 3 heteroatoms. The van der Waals surface area contributed by atoms with E-state index in [1.807, 2.05) is 18.9 Å². The number of rotatable bonds is 4. The molecule has 0 saturated carbocycles. The summed E-state index contributed by atoms with van der Waals surface area (Å²) in [6.07, 6.45) is 5.08. The smallest absolute Gasteiger partial charge is 0.209 e. The Kier molecular flexibility index (Phi) is 8.24. The lowest BCUT2D eigenvalue weighted by molar-refractivity contribution is -0.117. The Balaban J connectivity index is 0.000000500. The zero-order valence-corrected chi connectivity index (χ0v) is 9.33. The summed E-state index contributed by atoms with van der Waals surface area (Å²) in [5, 5.41) is 3.12. The fraction of sp³-hybridized carbons (Fsp3) is 0.727. The third-order valence-corrected chi connectivity index (χ3v) is 2.27. The van der Waals surface area contributed by atoms with Crippen LogP contribution < -0.4 is 5.32 Å². The first-order chi connectivity index (χ1) is 6.78. The highest BCUT2D eigenvalue weighted by Gasteiger charge is 2.19. The fourth-order valence-electron chi connectivity index (χ4n) is 1.54. The molecule has 1 N–H and O–H groups in total. The van der Waals surface area contributed by atoms with Crippen LogP contribution in [0, 0.1) is 5.92 Å². The van der Waals surface area contributed by atoms with E-state index in [9.17, 15) is 4.79 Å². The van der Waals surface area contributed by atoms with Crippen LogP contribution >= 0.6 is 0 Å². The number of nitrogens with one attached hydrogen (secondary N) is 1. The molecular weight excluding hydrogens is 176 g/mol. The summed E-state index contributed by atoms with van der Waals surface area (Å²) in [4.78, 5) is 12.2. The molecule has 0 radical (unpaired) electrons. The predicted octanol–water partition coefficient (Wildman–Crippen LogP) is 1.27. The Bertz CT molecular complexity index is 159. The van der Waals surface area contributed by atoms with E-state index in [1.165, 1.54) is 12.8 Å². The minimum atomic E-state index is 0.729. The topological polar surface area (TPSA) is 32.3 Å². The van der Waals surface area contributed by atoms with Crippen LogP contribution in [0.15, 0.2) is 12.7 Å². The van der Waals surface area contributed by atoms with Gasteiger partial charge >= 0.3 is 0 Å². The van der Waals surface area contributed by atoms with Crippen molar-refractivity contribution in [2.45, 2.75) is 19.8 Å². The van der Waals surface area contributed by atoms with Gasteiger partial charge in [0.25, 0.3) is 0 Å². The molecule has 0 aromatic heterocycles. The van der Waals surface area contributed by atoms with Gasteiger partial charge in [0.15, 0.2) is 0 Å². The second kappa shape index (κ2) is 8.75. The summed E-state index contributed by atoms with van der Waals surface area (Å²) in [6, 6.07) is 0. The number of carbonyl (C=O) groups excluding carboxylic acids is 1. The van der Waals surface area contributed by atoms with E-state index in [4.69, 9.17) is 0 Å². The van der Waals surface area contributed by atoms with Gasteiger partial charge in [-0.3, -0.25) is 4.79 Å². The van der Waals surface area contributed by atoms with E-state index in [-0.39, 0.29) is 0 Å². The maximum absolute atomic E-state index is 10.3. The second-order valence-electron chi connectivity index (χ2n) is 3.56. The maximum atomic E-state index is 10.3. The van der Waals surface area contributed by atoms with Crippen LogP contribution in [0.25, 0.3) is 0 Å². The van der Waals surface area contributed by atoms with E-state index in [1.54, 1.807) is 6.08 Å². The van der Waals surface area contributed by atoms with Crippen molar-refractivity contribution >= 4 is 6.41 Å². The van der Waals surface area contributed by atoms with Gasteiger partial charge in [-0.25, -0.2) is 0 Å². The molecule has 0 bridgehead atoms. The summed E-state index contributed by atoms with van der Waals surface area (Å²) in [5.74, 6) is 0.729. The fourth-order valence-corrected chi connectivity index (χ4v) is 1.54. The Morgan fingerprint density at radius 1 is 1.64 bits per heavy atom. The molecule has 0 aromatic rings. The standard InChI is InChI=1S/C8H16N2O.C3H6/c1-9-4-2-8-3-5-10(6-8)7-11;1-3-2/h7-9H,2-6H2,1H3;3H,1H2,2H3. The van der Waals surface area contributed by atoms with Gasteiger partial charge in [-0.1, -0.05) is 6.08 Å². The highest BCUT2D eigenvalue weighted by atomic mass is 16.1. The molecule has 14 heavy (non-hydrogen) atoms. The first-order valence-corrected chi connectivity index (χ1v) is 5.19. The van der Waals surface area contributed by atoms with Gasteiger partial charge < -0.3 is 10.2 Å². The molecule has 0 aromatic carbocycles.